The Bertz CT molecular complexity index is 567. The monoisotopic (exact) mass is 323 g/mol. The summed E-state index contributed by atoms with van der Waals surface area (Å²) in [5.74, 6) is -0.113. The molecule has 2 rings (SSSR count). The van der Waals surface area contributed by atoms with Gasteiger partial charge in [-0.2, -0.15) is 15.3 Å². The molecule has 0 bridgehead atoms. The Morgan fingerprint density at radius 2 is 2.16 bits per heavy atom. The molecule has 0 saturated heterocycles. The van der Waals surface area contributed by atoms with Gasteiger partial charge < -0.3 is 4.90 Å². The van der Waals surface area contributed by atoms with Crippen LogP contribution in [0.2, 0.25) is 0 Å². The molecule has 0 amide bonds. The van der Waals surface area contributed by atoms with Crippen molar-refractivity contribution >= 4 is 21.7 Å². The molecule has 0 N–H and O–H groups in total. The van der Waals surface area contributed by atoms with Gasteiger partial charge in [0.05, 0.1) is 29.6 Å². The van der Waals surface area contributed by atoms with Crippen molar-refractivity contribution in [1.29, 1.82) is 0 Å². The van der Waals surface area contributed by atoms with E-state index < -0.39 is 0 Å². The SMILES string of the molecule is CN(C)CCn1ncc(Br)c1C(=O)c1ccnnc1. The predicted octanol–water partition coefficient (Wildman–Crippen LogP) is 1.23. The Kier molecular flexibility index (Phi) is 4.39. The molecule has 2 heterocycles. The highest BCUT2D eigenvalue weighted by Gasteiger charge is 2.19. The normalized spacial score (nSPS) is 10.9. The molecule has 0 aliphatic heterocycles. The van der Waals surface area contributed by atoms with Crippen LogP contribution >= 0.6 is 15.9 Å². The molecule has 0 fully saturated rings. The fourth-order valence-corrected chi connectivity index (χ4v) is 2.09. The van der Waals surface area contributed by atoms with Crippen molar-refractivity contribution in [2.75, 3.05) is 20.6 Å². The third-order valence-electron chi connectivity index (χ3n) is 2.62. The minimum Gasteiger partial charge on any atom is -0.308 e. The lowest BCUT2D eigenvalue weighted by Gasteiger charge is -2.11. The number of halogens is 1. The predicted molar refractivity (Wildman–Crippen MR) is 73.9 cm³/mol. The molecule has 2 aromatic heterocycles. The number of hydrogen-bond donors (Lipinski definition) is 0. The van der Waals surface area contributed by atoms with Crippen molar-refractivity contribution in [2.45, 2.75) is 6.54 Å². The van der Waals surface area contributed by atoms with E-state index in [-0.39, 0.29) is 5.78 Å². The fourth-order valence-electron chi connectivity index (χ4n) is 1.61. The van der Waals surface area contributed by atoms with Gasteiger partial charge in [-0.15, -0.1) is 0 Å². The zero-order valence-corrected chi connectivity index (χ0v) is 12.3. The maximum absolute atomic E-state index is 12.4. The Balaban J connectivity index is 2.29. The molecule has 0 spiro atoms. The van der Waals surface area contributed by atoms with Crippen LogP contribution in [0.15, 0.2) is 29.1 Å². The molecule has 0 aliphatic rings. The summed E-state index contributed by atoms with van der Waals surface area (Å²) in [5.41, 5.74) is 1.04. The van der Waals surface area contributed by atoms with Crippen molar-refractivity contribution < 1.29 is 4.79 Å². The number of carbonyl (C=O) groups is 1. The summed E-state index contributed by atoms with van der Waals surface area (Å²) in [6, 6.07) is 1.64. The molecule has 0 unspecified atom stereocenters. The van der Waals surface area contributed by atoms with Gasteiger partial charge in [0.2, 0.25) is 5.78 Å². The minimum atomic E-state index is -0.113. The number of nitrogens with zero attached hydrogens (tertiary/aromatic N) is 5. The first-order valence-corrected chi connectivity index (χ1v) is 6.56. The summed E-state index contributed by atoms with van der Waals surface area (Å²) < 4.78 is 2.39. The summed E-state index contributed by atoms with van der Waals surface area (Å²) >= 11 is 3.37. The standard InChI is InChI=1S/C12H14BrN5O/c1-17(2)5-6-18-11(10(13)8-16-18)12(19)9-3-4-14-15-7-9/h3-4,7-8H,5-6H2,1-2H3. The van der Waals surface area contributed by atoms with Crippen LogP contribution in [0.25, 0.3) is 0 Å². The fraction of sp³-hybridized carbons (Fsp3) is 0.333. The summed E-state index contributed by atoms with van der Waals surface area (Å²) in [6.45, 7) is 1.46. The van der Waals surface area contributed by atoms with Gasteiger partial charge in [0.1, 0.15) is 5.69 Å². The van der Waals surface area contributed by atoms with E-state index in [2.05, 4.69) is 31.2 Å². The topological polar surface area (TPSA) is 63.9 Å². The molecule has 100 valence electrons. The maximum Gasteiger partial charge on any atom is 0.213 e. The van der Waals surface area contributed by atoms with Crippen molar-refractivity contribution in [1.82, 2.24) is 24.9 Å². The van der Waals surface area contributed by atoms with Crippen molar-refractivity contribution in [2.24, 2.45) is 0 Å². The molecule has 0 aliphatic carbocycles. The zero-order chi connectivity index (χ0) is 13.8. The van der Waals surface area contributed by atoms with E-state index in [9.17, 15) is 4.79 Å². The second-order valence-electron chi connectivity index (χ2n) is 4.33. The molecule has 6 nitrogen and oxygen atoms in total. The number of carbonyl (C=O) groups excluding carboxylic acids is 1. The van der Waals surface area contributed by atoms with Gasteiger partial charge in [-0.3, -0.25) is 9.48 Å². The third-order valence-corrected chi connectivity index (χ3v) is 3.20. The Hall–Kier alpha value is -1.60. The first-order valence-electron chi connectivity index (χ1n) is 5.77. The van der Waals surface area contributed by atoms with E-state index in [0.29, 0.717) is 22.3 Å². The van der Waals surface area contributed by atoms with E-state index in [1.807, 2.05) is 19.0 Å². The van der Waals surface area contributed by atoms with Crippen molar-refractivity contribution in [3.63, 3.8) is 0 Å². The van der Waals surface area contributed by atoms with Gasteiger partial charge in [0, 0.05) is 12.1 Å². The Morgan fingerprint density at radius 1 is 1.37 bits per heavy atom. The van der Waals surface area contributed by atoms with E-state index in [4.69, 9.17) is 0 Å². The summed E-state index contributed by atoms with van der Waals surface area (Å²) in [7, 11) is 3.96. The molecule has 7 heteroatoms. The van der Waals surface area contributed by atoms with Gasteiger partial charge in [-0.1, -0.05) is 0 Å². The number of rotatable bonds is 5. The Morgan fingerprint density at radius 3 is 2.79 bits per heavy atom. The van der Waals surface area contributed by atoms with Crippen LogP contribution < -0.4 is 0 Å². The molecular formula is C12H14BrN5O. The van der Waals surface area contributed by atoms with Crippen LogP contribution in [0.3, 0.4) is 0 Å². The summed E-state index contributed by atoms with van der Waals surface area (Å²) in [6.07, 6.45) is 4.59. The number of likely N-dealkylation sites (N-methyl/N-ethyl adjacent to an activating group) is 1. The lowest BCUT2D eigenvalue weighted by Crippen LogP contribution is -2.21. The number of aromatic nitrogens is 4. The van der Waals surface area contributed by atoms with Crippen molar-refractivity contribution in [3.05, 3.63) is 40.4 Å². The molecule has 2 aromatic rings. The van der Waals surface area contributed by atoms with Gasteiger partial charge in [0.25, 0.3) is 0 Å². The van der Waals surface area contributed by atoms with E-state index >= 15 is 0 Å². The second kappa shape index (κ2) is 6.03. The highest BCUT2D eigenvalue weighted by molar-refractivity contribution is 9.10. The first kappa shape index (κ1) is 13.8. The van der Waals surface area contributed by atoms with E-state index in [1.165, 1.54) is 12.4 Å². The summed E-state index contributed by atoms with van der Waals surface area (Å²) in [4.78, 5) is 14.5. The lowest BCUT2D eigenvalue weighted by molar-refractivity contribution is 0.102. The van der Waals surface area contributed by atoms with Crippen LogP contribution in [-0.2, 0) is 6.54 Å². The average Bonchev–Trinajstić information content (AvgIpc) is 2.78. The molecular weight excluding hydrogens is 310 g/mol. The van der Waals surface area contributed by atoms with Gasteiger partial charge in [0.15, 0.2) is 0 Å². The van der Waals surface area contributed by atoms with Crippen LogP contribution in [0, 0.1) is 0 Å². The largest absolute Gasteiger partial charge is 0.308 e. The van der Waals surface area contributed by atoms with Crippen LogP contribution in [0.4, 0.5) is 0 Å². The van der Waals surface area contributed by atoms with Crippen LogP contribution in [0.1, 0.15) is 16.1 Å². The van der Waals surface area contributed by atoms with Gasteiger partial charge in [-0.05, 0) is 36.1 Å². The van der Waals surface area contributed by atoms with Crippen LogP contribution in [-0.4, -0.2) is 51.3 Å². The Labute approximate surface area is 119 Å². The molecule has 19 heavy (non-hydrogen) atoms. The average molecular weight is 324 g/mol. The maximum atomic E-state index is 12.4. The van der Waals surface area contributed by atoms with Crippen molar-refractivity contribution in [3.8, 4) is 0 Å². The number of ketones is 1. The van der Waals surface area contributed by atoms with E-state index in [0.717, 1.165) is 6.54 Å². The smallest absolute Gasteiger partial charge is 0.213 e. The molecule has 0 aromatic carbocycles. The zero-order valence-electron chi connectivity index (χ0n) is 10.7. The minimum absolute atomic E-state index is 0.113. The number of hydrogen-bond acceptors (Lipinski definition) is 5. The summed E-state index contributed by atoms with van der Waals surface area (Å²) in [5, 5.41) is 11.6. The van der Waals surface area contributed by atoms with E-state index in [1.54, 1.807) is 16.9 Å². The van der Waals surface area contributed by atoms with Gasteiger partial charge >= 0.3 is 0 Å². The third kappa shape index (κ3) is 3.24. The lowest BCUT2D eigenvalue weighted by atomic mass is 10.1. The van der Waals surface area contributed by atoms with Gasteiger partial charge in [-0.25, -0.2) is 0 Å². The first-order chi connectivity index (χ1) is 9.09. The molecule has 0 radical (unpaired) electrons. The highest BCUT2D eigenvalue weighted by atomic mass is 79.9. The quantitative estimate of drug-likeness (QED) is 0.774. The molecule has 0 saturated carbocycles. The highest BCUT2D eigenvalue weighted by Crippen LogP contribution is 2.19. The second-order valence-corrected chi connectivity index (χ2v) is 5.18. The molecule has 0 atom stereocenters. The van der Waals surface area contributed by atoms with Crippen LogP contribution in [0.5, 0.6) is 0 Å².